The van der Waals surface area contributed by atoms with Crippen molar-refractivity contribution >= 4 is 28.3 Å². The number of β-lactam (4-membered cyclic amide) rings is 1. The number of hydrogen-bond acceptors (Lipinski definition) is 4. The first-order chi connectivity index (χ1) is 15.4. The maximum Gasteiger partial charge on any atom is 0.228 e. The van der Waals surface area contributed by atoms with Crippen LogP contribution in [0.15, 0.2) is 24.3 Å². The Labute approximate surface area is 209 Å². The van der Waals surface area contributed by atoms with Gasteiger partial charge in [0.05, 0.1) is 18.1 Å². The molecule has 0 unspecified atom stereocenters. The van der Waals surface area contributed by atoms with Gasteiger partial charge in [0, 0.05) is 12.0 Å². The molecule has 1 heterocycles. The third-order valence-corrected chi connectivity index (χ3v) is 16.6. The van der Waals surface area contributed by atoms with Crippen molar-refractivity contribution in [1.29, 1.82) is 0 Å². The average Bonchev–Trinajstić information content (AvgIpc) is 2.65. The van der Waals surface area contributed by atoms with Gasteiger partial charge in [0.2, 0.25) is 5.91 Å². The molecule has 2 N–H and O–H groups in total. The standard InChI is InChI=1S/C27H47NO4Si2/c1-19(32-34(9,10)26(2,3)4)24-22(28-25(24)30)18-23(29)21-15-13-20(14-16-21)12-11-17-27(5,6)33(7,8)31/h13-16,19,22,24,31H,11-12,17-18H2,1-10H3,(H,28,30)/t19-,22-,24-/m1/s1. The molecule has 1 aromatic rings. The number of nitrogens with one attached hydrogen (secondary N) is 1. The second-order valence-electron chi connectivity index (χ2n) is 12.8. The van der Waals surface area contributed by atoms with Crippen molar-refractivity contribution in [2.75, 3.05) is 0 Å². The van der Waals surface area contributed by atoms with E-state index >= 15 is 0 Å². The van der Waals surface area contributed by atoms with Gasteiger partial charge in [-0.25, -0.2) is 0 Å². The molecule has 1 saturated heterocycles. The summed E-state index contributed by atoms with van der Waals surface area (Å²) in [5.41, 5.74) is 1.89. The van der Waals surface area contributed by atoms with Gasteiger partial charge in [0.15, 0.2) is 22.4 Å². The van der Waals surface area contributed by atoms with Gasteiger partial charge in [0.25, 0.3) is 0 Å². The van der Waals surface area contributed by atoms with Crippen LogP contribution in [0.2, 0.25) is 36.3 Å². The van der Waals surface area contributed by atoms with Crippen LogP contribution in [0.5, 0.6) is 0 Å². The molecule has 7 heteroatoms. The highest BCUT2D eigenvalue weighted by molar-refractivity contribution is 6.74. The molecule has 0 saturated carbocycles. The summed E-state index contributed by atoms with van der Waals surface area (Å²) in [5.74, 6) is -0.244. The second-order valence-corrected chi connectivity index (χ2v) is 22.1. The van der Waals surface area contributed by atoms with Crippen LogP contribution in [0.4, 0.5) is 0 Å². The van der Waals surface area contributed by atoms with Gasteiger partial charge in [0.1, 0.15) is 0 Å². The summed E-state index contributed by atoms with van der Waals surface area (Å²) in [7, 11) is -4.18. The number of aryl methyl sites for hydroxylation is 1. The summed E-state index contributed by atoms with van der Waals surface area (Å²) in [4.78, 5) is 35.7. The van der Waals surface area contributed by atoms with E-state index in [9.17, 15) is 14.4 Å². The van der Waals surface area contributed by atoms with Crippen molar-refractivity contribution < 1.29 is 18.8 Å². The lowest BCUT2D eigenvalue weighted by Gasteiger charge is -2.45. The van der Waals surface area contributed by atoms with Gasteiger partial charge >= 0.3 is 0 Å². The van der Waals surface area contributed by atoms with Crippen molar-refractivity contribution in [3.05, 3.63) is 35.4 Å². The van der Waals surface area contributed by atoms with Gasteiger partial charge in [-0.15, -0.1) is 0 Å². The molecular formula is C27H47NO4Si2. The molecule has 34 heavy (non-hydrogen) atoms. The third kappa shape index (κ3) is 6.89. The fourth-order valence-electron chi connectivity index (χ4n) is 4.10. The fraction of sp³-hybridized carbons (Fsp3) is 0.704. The Morgan fingerprint density at radius 1 is 1.09 bits per heavy atom. The lowest BCUT2D eigenvalue weighted by Crippen LogP contribution is -2.64. The van der Waals surface area contributed by atoms with E-state index in [2.05, 4.69) is 53.0 Å². The van der Waals surface area contributed by atoms with E-state index in [1.807, 2.05) is 44.3 Å². The molecule has 3 atom stereocenters. The molecule has 0 spiro atoms. The Bertz CT molecular complexity index is 866. The Kier molecular flexibility index (Phi) is 8.83. The maximum atomic E-state index is 12.9. The van der Waals surface area contributed by atoms with Crippen molar-refractivity contribution in [3.8, 4) is 0 Å². The van der Waals surface area contributed by atoms with E-state index in [1.165, 1.54) is 5.56 Å². The second kappa shape index (κ2) is 10.4. The smallest absolute Gasteiger partial charge is 0.228 e. The number of amides is 1. The van der Waals surface area contributed by atoms with E-state index in [-0.39, 0.29) is 39.8 Å². The molecule has 192 valence electrons. The molecule has 5 nitrogen and oxygen atoms in total. The minimum atomic E-state index is -2.18. The van der Waals surface area contributed by atoms with E-state index in [0.717, 1.165) is 19.3 Å². The van der Waals surface area contributed by atoms with E-state index in [0.29, 0.717) is 12.0 Å². The van der Waals surface area contributed by atoms with Crippen molar-refractivity contribution in [2.45, 2.75) is 116 Å². The zero-order chi connectivity index (χ0) is 26.1. The zero-order valence-electron chi connectivity index (χ0n) is 23.0. The number of benzene rings is 1. The molecule has 0 radical (unpaired) electrons. The first-order valence-corrected chi connectivity index (χ1v) is 18.5. The van der Waals surface area contributed by atoms with Gasteiger partial charge in [-0.2, -0.15) is 0 Å². The van der Waals surface area contributed by atoms with E-state index < -0.39 is 16.6 Å². The van der Waals surface area contributed by atoms with Crippen LogP contribution in [0.3, 0.4) is 0 Å². The number of rotatable bonds is 11. The Hall–Kier alpha value is -1.29. The lowest BCUT2D eigenvalue weighted by molar-refractivity contribution is -0.139. The largest absolute Gasteiger partial charge is 0.432 e. The van der Waals surface area contributed by atoms with Crippen LogP contribution in [0.25, 0.3) is 0 Å². The quantitative estimate of drug-likeness (QED) is 0.217. The van der Waals surface area contributed by atoms with Gasteiger partial charge < -0.3 is 14.5 Å². The molecule has 0 aliphatic carbocycles. The molecular weight excluding hydrogens is 458 g/mol. The maximum absolute atomic E-state index is 12.9. The minimum absolute atomic E-state index is 0.0158. The fourth-order valence-corrected chi connectivity index (χ4v) is 6.32. The Morgan fingerprint density at radius 2 is 1.65 bits per heavy atom. The molecule has 1 fully saturated rings. The van der Waals surface area contributed by atoms with Gasteiger partial charge in [-0.05, 0) is 68.0 Å². The van der Waals surface area contributed by atoms with Crippen LogP contribution in [0.1, 0.15) is 76.7 Å². The molecule has 0 aromatic heterocycles. The van der Waals surface area contributed by atoms with Crippen LogP contribution in [0, 0.1) is 5.92 Å². The van der Waals surface area contributed by atoms with Gasteiger partial charge in [-0.1, -0.05) is 58.9 Å². The Morgan fingerprint density at radius 3 is 2.12 bits per heavy atom. The SMILES string of the molecule is C[C@@H](O[Si](C)(C)C(C)(C)C)[C@H]1C(=O)N[C@@H]1CC(=O)c1ccc(CCCC(C)(C)[Si](C)(C)O)cc1. The number of carbonyl (C=O) groups is 2. The van der Waals surface area contributed by atoms with Crippen LogP contribution >= 0.6 is 0 Å². The number of hydrogen-bond donors (Lipinski definition) is 2. The number of ketones is 1. The van der Waals surface area contributed by atoms with Crippen molar-refractivity contribution in [3.63, 3.8) is 0 Å². The van der Waals surface area contributed by atoms with Crippen LogP contribution in [-0.4, -0.2) is 45.3 Å². The van der Waals surface area contributed by atoms with Crippen molar-refractivity contribution in [1.82, 2.24) is 5.32 Å². The highest BCUT2D eigenvalue weighted by Gasteiger charge is 2.47. The van der Waals surface area contributed by atoms with E-state index in [4.69, 9.17) is 4.43 Å². The topological polar surface area (TPSA) is 75.6 Å². The summed E-state index contributed by atoms with van der Waals surface area (Å²) in [6.45, 7) is 21.2. The first-order valence-electron chi connectivity index (χ1n) is 12.7. The zero-order valence-corrected chi connectivity index (χ0v) is 25.0. The molecule has 1 aromatic carbocycles. The summed E-state index contributed by atoms with van der Waals surface area (Å²) >= 11 is 0. The van der Waals surface area contributed by atoms with Crippen LogP contribution in [-0.2, 0) is 15.6 Å². The summed E-state index contributed by atoms with van der Waals surface area (Å²) in [6, 6.07) is 7.69. The highest BCUT2D eigenvalue weighted by Crippen LogP contribution is 2.40. The number of Topliss-reactive ketones (excluding diaryl/α,β-unsaturated/α-hetero) is 1. The Balaban J connectivity index is 1.92. The predicted octanol–water partition coefficient (Wildman–Crippen LogP) is 6.08. The first kappa shape index (κ1) is 28.9. The van der Waals surface area contributed by atoms with Crippen LogP contribution < -0.4 is 5.32 Å². The summed E-state index contributed by atoms with van der Waals surface area (Å²) in [6.07, 6.45) is 3.03. The molecule has 2 rings (SSSR count). The minimum Gasteiger partial charge on any atom is -0.432 e. The molecule has 1 aliphatic rings. The molecule has 1 amide bonds. The monoisotopic (exact) mass is 505 g/mol. The normalized spacial score (nSPS) is 20.5. The highest BCUT2D eigenvalue weighted by atomic mass is 28.4. The van der Waals surface area contributed by atoms with Crippen molar-refractivity contribution in [2.24, 2.45) is 5.92 Å². The van der Waals surface area contributed by atoms with Gasteiger partial charge in [-0.3, -0.25) is 9.59 Å². The summed E-state index contributed by atoms with van der Waals surface area (Å²) in [5, 5.41) is 2.98. The third-order valence-electron chi connectivity index (χ3n) is 8.46. The predicted molar refractivity (Wildman–Crippen MR) is 145 cm³/mol. The average molecular weight is 506 g/mol. The molecule has 0 bridgehead atoms. The van der Waals surface area contributed by atoms with E-state index in [1.54, 1.807) is 0 Å². The number of carbonyl (C=O) groups excluding carboxylic acids is 2. The lowest BCUT2D eigenvalue weighted by atomic mass is 9.82. The summed E-state index contributed by atoms with van der Waals surface area (Å²) < 4.78 is 6.45. The molecule has 1 aliphatic heterocycles.